The number of fused-ring (bicyclic) bond motifs is 1. The highest BCUT2D eigenvalue weighted by molar-refractivity contribution is 5.41. The van der Waals surface area contributed by atoms with Gasteiger partial charge in [-0.2, -0.15) is 15.4 Å². The highest BCUT2D eigenvalue weighted by Gasteiger charge is 2.17. The number of benzene rings is 1. The maximum Gasteiger partial charge on any atom is 0.124 e. The molecule has 0 bridgehead atoms. The van der Waals surface area contributed by atoms with E-state index < -0.39 is 6.10 Å². The van der Waals surface area contributed by atoms with E-state index in [1.54, 1.807) is 0 Å². The molecule has 0 radical (unpaired) electrons. The van der Waals surface area contributed by atoms with Crippen molar-refractivity contribution < 1.29 is 9.84 Å². The van der Waals surface area contributed by atoms with Crippen LogP contribution in [0, 0.1) is 0 Å². The molecule has 2 N–H and O–H groups in total. The van der Waals surface area contributed by atoms with Crippen LogP contribution in [0.5, 0.6) is 5.75 Å². The minimum Gasteiger partial charge on any atom is -0.493 e. The molecule has 16 heavy (non-hydrogen) atoms. The van der Waals surface area contributed by atoms with Crippen molar-refractivity contribution in [3.63, 3.8) is 0 Å². The smallest absolute Gasteiger partial charge is 0.124 e. The number of hydrogen-bond acceptors (Lipinski definition) is 4. The van der Waals surface area contributed by atoms with Crippen LogP contribution in [0.2, 0.25) is 0 Å². The van der Waals surface area contributed by atoms with Crippen molar-refractivity contribution in [3.05, 3.63) is 41.2 Å². The molecule has 5 heteroatoms. The summed E-state index contributed by atoms with van der Waals surface area (Å²) in [4.78, 5) is 0. The molecule has 2 heterocycles. The molecule has 1 aliphatic heterocycles. The monoisotopic (exact) mass is 217 g/mol. The molecule has 1 aromatic carbocycles. The lowest BCUT2D eigenvalue weighted by atomic mass is 10.0. The van der Waals surface area contributed by atoms with Crippen LogP contribution in [0.1, 0.15) is 22.9 Å². The van der Waals surface area contributed by atoms with Gasteiger partial charge in [-0.25, -0.2) is 0 Å². The van der Waals surface area contributed by atoms with E-state index in [-0.39, 0.29) is 0 Å². The molecule has 1 aliphatic rings. The molecule has 5 nitrogen and oxygen atoms in total. The molecule has 0 amide bonds. The van der Waals surface area contributed by atoms with Gasteiger partial charge in [0.25, 0.3) is 0 Å². The molecule has 0 aliphatic carbocycles. The third kappa shape index (κ3) is 1.45. The molecular weight excluding hydrogens is 206 g/mol. The number of nitrogens with zero attached hydrogens (tertiary/aromatic N) is 2. The average Bonchev–Trinajstić information content (AvgIpc) is 2.98. The largest absolute Gasteiger partial charge is 0.493 e. The van der Waals surface area contributed by atoms with Gasteiger partial charge in [-0.3, -0.25) is 0 Å². The number of aliphatic hydroxyl groups is 1. The summed E-state index contributed by atoms with van der Waals surface area (Å²) < 4.78 is 5.41. The van der Waals surface area contributed by atoms with Crippen LogP contribution in [0.3, 0.4) is 0 Å². The van der Waals surface area contributed by atoms with Gasteiger partial charge < -0.3 is 9.84 Å². The summed E-state index contributed by atoms with van der Waals surface area (Å²) in [5, 5.41) is 20.1. The maximum absolute atomic E-state index is 10.0. The van der Waals surface area contributed by atoms with Crippen molar-refractivity contribution in [2.24, 2.45) is 0 Å². The Morgan fingerprint density at radius 2 is 2.38 bits per heavy atom. The Morgan fingerprint density at radius 3 is 3.19 bits per heavy atom. The number of hydrogen-bond donors (Lipinski definition) is 2. The van der Waals surface area contributed by atoms with Crippen molar-refractivity contribution in [3.8, 4) is 5.75 Å². The molecule has 1 aromatic heterocycles. The van der Waals surface area contributed by atoms with Gasteiger partial charge in [-0.1, -0.05) is 6.07 Å². The summed E-state index contributed by atoms with van der Waals surface area (Å²) in [5.41, 5.74) is 2.48. The third-order valence-electron chi connectivity index (χ3n) is 2.74. The Morgan fingerprint density at radius 1 is 1.44 bits per heavy atom. The van der Waals surface area contributed by atoms with Crippen LogP contribution in [-0.4, -0.2) is 27.1 Å². The van der Waals surface area contributed by atoms with Crippen LogP contribution in [-0.2, 0) is 6.42 Å². The second-order valence-corrected chi connectivity index (χ2v) is 3.76. The lowest BCUT2D eigenvalue weighted by Gasteiger charge is -2.08. The number of nitrogens with one attached hydrogen (secondary N) is 1. The quantitative estimate of drug-likeness (QED) is 0.781. The van der Waals surface area contributed by atoms with Gasteiger partial charge in [0.15, 0.2) is 0 Å². The van der Waals surface area contributed by atoms with Crippen LogP contribution in [0.25, 0.3) is 0 Å². The molecule has 0 spiro atoms. The maximum atomic E-state index is 10.0. The Kier molecular flexibility index (Phi) is 2.11. The zero-order chi connectivity index (χ0) is 11.0. The summed E-state index contributed by atoms with van der Waals surface area (Å²) in [6, 6.07) is 5.70. The van der Waals surface area contributed by atoms with Crippen LogP contribution < -0.4 is 4.74 Å². The van der Waals surface area contributed by atoms with Crippen LogP contribution in [0.15, 0.2) is 24.4 Å². The van der Waals surface area contributed by atoms with E-state index in [0.29, 0.717) is 5.69 Å². The fraction of sp³-hybridized carbons (Fsp3) is 0.273. The van der Waals surface area contributed by atoms with E-state index in [4.69, 9.17) is 4.74 Å². The molecule has 0 saturated heterocycles. The van der Waals surface area contributed by atoms with Crippen molar-refractivity contribution in [1.29, 1.82) is 0 Å². The van der Waals surface area contributed by atoms with E-state index in [1.165, 1.54) is 6.20 Å². The highest BCUT2D eigenvalue weighted by atomic mass is 16.5. The van der Waals surface area contributed by atoms with Gasteiger partial charge in [-0.15, -0.1) is 0 Å². The minimum absolute atomic E-state index is 0.527. The predicted molar refractivity (Wildman–Crippen MR) is 56.1 cm³/mol. The third-order valence-corrected chi connectivity index (χ3v) is 2.74. The van der Waals surface area contributed by atoms with Gasteiger partial charge >= 0.3 is 0 Å². The topological polar surface area (TPSA) is 71.0 Å². The lowest BCUT2D eigenvalue weighted by molar-refractivity contribution is 0.215. The second-order valence-electron chi connectivity index (χ2n) is 3.76. The number of ether oxygens (including phenoxy) is 1. The minimum atomic E-state index is -0.732. The predicted octanol–water partition coefficient (Wildman–Crippen LogP) is 0.821. The van der Waals surface area contributed by atoms with Gasteiger partial charge in [0.05, 0.1) is 12.8 Å². The number of aliphatic hydroxyl groups excluding tert-OH is 1. The van der Waals surface area contributed by atoms with E-state index in [0.717, 1.165) is 29.9 Å². The molecule has 1 unspecified atom stereocenters. The first-order valence-electron chi connectivity index (χ1n) is 5.14. The van der Waals surface area contributed by atoms with Crippen molar-refractivity contribution in [2.75, 3.05) is 6.61 Å². The fourth-order valence-corrected chi connectivity index (χ4v) is 1.89. The summed E-state index contributed by atoms with van der Waals surface area (Å²) >= 11 is 0. The van der Waals surface area contributed by atoms with E-state index in [2.05, 4.69) is 15.4 Å². The first kappa shape index (κ1) is 9.35. The molecule has 0 fully saturated rings. The fourth-order valence-electron chi connectivity index (χ4n) is 1.89. The van der Waals surface area contributed by atoms with Crippen LogP contribution in [0.4, 0.5) is 0 Å². The summed E-state index contributed by atoms with van der Waals surface area (Å²) in [5.74, 6) is 0.913. The normalized spacial score (nSPS) is 15.6. The number of rotatable bonds is 2. The molecule has 3 rings (SSSR count). The lowest BCUT2D eigenvalue weighted by Crippen LogP contribution is -2.00. The standard InChI is InChI=1S/C11H11N3O2/c15-11(9-6-12-14-13-9)8-1-2-10-7(5-8)3-4-16-10/h1-2,5-6,11,15H,3-4H2,(H,12,13,14). The van der Waals surface area contributed by atoms with Crippen molar-refractivity contribution in [1.82, 2.24) is 15.4 Å². The van der Waals surface area contributed by atoms with Gasteiger partial charge in [0.2, 0.25) is 0 Å². The zero-order valence-corrected chi connectivity index (χ0v) is 8.55. The molecule has 1 atom stereocenters. The summed E-state index contributed by atoms with van der Waals surface area (Å²) in [7, 11) is 0. The van der Waals surface area contributed by atoms with Crippen LogP contribution >= 0.6 is 0 Å². The Labute approximate surface area is 92.1 Å². The zero-order valence-electron chi connectivity index (χ0n) is 8.55. The van der Waals surface area contributed by atoms with E-state index in [9.17, 15) is 5.11 Å². The Balaban J connectivity index is 1.95. The van der Waals surface area contributed by atoms with E-state index in [1.807, 2.05) is 18.2 Å². The number of aromatic amines is 1. The van der Waals surface area contributed by atoms with Gasteiger partial charge in [0.1, 0.15) is 17.5 Å². The molecule has 0 saturated carbocycles. The molecular formula is C11H11N3O2. The van der Waals surface area contributed by atoms with Gasteiger partial charge in [0, 0.05) is 6.42 Å². The molecule has 2 aromatic rings. The van der Waals surface area contributed by atoms with Crippen molar-refractivity contribution in [2.45, 2.75) is 12.5 Å². The average molecular weight is 217 g/mol. The first-order valence-corrected chi connectivity index (χ1v) is 5.14. The first-order chi connectivity index (χ1) is 7.84. The van der Waals surface area contributed by atoms with Crippen molar-refractivity contribution >= 4 is 0 Å². The Bertz CT molecular complexity index is 496. The van der Waals surface area contributed by atoms with Gasteiger partial charge in [-0.05, 0) is 23.3 Å². The summed E-state index contributed by atoms with van der Waals surface area (Å²) in [6.45, 7) is 0.721. The SMILES string of the molecule is OC(c1ccc2c(c1)CCO2)c1cn[nH]n1. The number of H-pyrrole nitrogens is 1. The molecule has 82 valence electrons. The number of aromatic nitrogens is 3. The highest BCUT2D eigenvalue weighted by Crippen LogP contribution is 2.29. The second kappa shape index (κ2) is 3.61. The Hall–Kier alpha value is -1.88. The van der Waals surface area contributed by atoms with E-state index >= 15 is 0 Å². The summed E-state index contributed by atoms with van der Waals surface area (Å²) in [6.07, 6.45) is 1.69.